The van der Waals surface area contributed by atoms with Gasteiger partial charge < -0.3 is 20.1 Å². The van der Waals surface area contributed by atoms with E-state index in [4.69, 9.17) is 21.7 Å². The predicted molar refractivity (Wildman–Crippen MR) is 131 cm³/mol. The van der Waals surface area contributed by atoms with Gasteiger partial charge in [0.05, 0.1) is 38.2 Å². The minimum atomic E-state index is -0.325. The van der Waals surface area contributed by atoms with E-state index in [9.17, 15) is 4.79 Å². The van der Waals surface area contributed by atoms with Crippen LogP contribution < -0.4 is 15.4 Å². The molecule has 1 aromatic carbocycles. The third kappa shape index (κ3) is 4.94. The number of nitrogens with zero attached hydrogens (tertiary/aromatic N) is 2. The second-order valence-electron chi connectivity index (χ2n) is 7.90. The predicted octanol–water partition coefficient (Wildman–Crippen LogP) is 4.72. The zero-order valence-corrected chi connectivity index (χ0v) is 19.9. The van der Waals surface area contributed by atoms with Crippen LogP contribution in [0.2, 0.25) is 0 Å². The number of methoxy groups -OCH3 is 2. The van der Waals surface area contributed by atoms with Crippen LogP contribution in [0.1, 0.15) is 39.7 Å². The molecule has 0 saturated heterocycles. The van der Waals surface area contributed by atoms with Crippen molar-refractivity contribution in [2.45, 2.75) is 32.7 Å². The lowest BCUT2D eigenvalue weighted by atomic mass is 9.88. The molecule has 0 spiro atoms. The number of hydrogen-bond donors (Lipinski definition) is 2. The Labute approximate surface area is 196 Å². The zero-order valence-electron chi connectivity index (χ0n) is 18.3. The molecule has 168 valence electrons. The number of hydrogen-bond acceptors (Lipinski definition) is 6. The lowest BCUT2D eigenvalue weighted by Crippen LogP contribution is -2.20. The SMILES string of the molecule is COC(=O)c1c(NC(=S)Nc2cnn(Cc3cccc(OC)c3)c2)sc2c1CCC(C)C2. The third-order valence-electron chi connectivity index (χ3n) is 5.50. The van der Waals surface area contributed by atoms with Crippen LogP contribution in [-0.4, -0.2) is 35.1 Å². The summed E-state index contributed by atoms with van der Waals surface area (Å²) in [5, 5.41) is 11.9. The van der Waals surface area contributed by atoms with Crippen molar-refractivity contribution in [3.05, 3.63) is 58.2 Å². The normalized spacial score (nSPS) is 15.0. The smallest absolute Gasteiger partial charge is 0.341 e. The van der Waals surface area contributed by atoms with Crippen LogP contribution in [0.3, 0.4) is 0 Å². The number of nitrogens with one attached hydrogen (secondary N) is 2. The van der Waals surface area contributed by atoms with Crippen molar-refractivity contribution in [3.63, 3.8) is 0 Å². The number of carbonyl (C=O) groups is 1. The molecule has 7 nitrogen and oxygen atoms in total. The average molecular weight is 471 g/mol. The molecule has 0 aliphatic heterocycles. The molecule has 1 aliphatic carbocycles. The minimum absolute atomic E-state index is 0.325. The van der Waals surface area contributed by atoms with Crippen molar-refractivity contribution in [2.24, 2.45) is 5.92 Å². The molecule has 1 aliphatic rings. The van der Waals surface area contributed by atoms with E-state index in [-0.39, 0.29) is 5.97 Å². The summed E-state index contributed by atoms with van der Waals surface area (Å²) in [6.07, 6.45) is 6.54. The fourth-order valence-corrected chi connectivity index (χ4v) is 5.58. The summed E-state index contributed by atoms with van der Waals surface area (Å²) in [5.41, 5.74) is 3.55. The van der Waals surface area contributed by atoms with Gasteiger partial charge >= 0.3 is 5.97 Å². The fourth-order valence-electron chi connectivity index (χ4n) is 3.89. The number of esters is 1. The van der Waals surface area contributed by atoms with Crippen molar-refractivity contribution < 1.29 is 14.3 Å². The van der Waals surface area contributed by atoms with E-state index < -0.39 is 0 Å². The van der Waals surface area contributed by atoms with Crippen molar-refractivity contribution in [3.8, 4) is 5.75 Å². The Morgan fingerprint density at radius 1 is 1.34 bits per heavy atom. The molecule has 0 fully saturated rings. The maximum absolute atomic E-state index is 12.5. The number of thiocarbonyl (C=S) groups is 1. The Bertz CT molecular complexity index is 1140. The van der Waals surface area contributed by atoms with E-state index in [1.807, 2.05) is 35.1 Å². The maximum Gasteiger partial charge on any atom is 0.341 e. The molecule has 9 heteroatoms. The molecule has 2 aromatic heterocycles. The van der Waals surface area contributed by atoms with E-state index in [0.717, 1.165) is 46.8 Å². The summed E-state index contributed by atoms with van der Waals surface area (Å²) in [6.45, 7) is 2.85. The summed E-state index contributed by atoms with van der Waals surface area (Å²) in [6, 6.07) is 7.87. The monoisotopic (exact) mass is 470 g/mol. The highest BCUT2D eigenvalue weighted by molar-refractivity contribution is 7.80. The number of anilines is 2. The van der Waals surface area contributed by atoms with E-state index in [1.165, 1.54) is 12.0 Å². The van der Waals surface area contributed by atoms with Crippen LogP contribution in [0.15, 0.2) is 36.7 Å². The summed E-state index contributed by atoms with van der Waals surface area (Å²) >= 11 is 7.10. The number of fused-ring (bicyclic) bond motifs is 1. The van der Waals surface area contributed by atoms with Gasteiger partial charge in [-0.25, -0.2) is 4.79 Å². The van der Waals surface area contributed by atoms with Crippen LogP contribution in [0.5, 0.6) is 5.75 Å². The van der Waals surface area contributed by atoms with Crippen LogP contribution in [0.25, 0.3) is 0 Å². The first kappa shape index (κ1) is 22.3. The molecule has 0 radical (unpaired) electrons. The molecular weight excluding hydrogens is 444 g/mol. The molecule has 1 unspecified atom stereocenters. The van der Waals surface area contributed by atoms with Gasteiger partial charge in [0.25, 0.3) is 0 Å². The number of aromatic nitrogens is 2. The zero-order chi connectivity index (χ0) is 22.7. The Morgan fingerprint density at radius 3 is 2.97 bits per heavy atom. The van der Waals surface area contributed by atoms with Gasteiger partial charge in [0.15, 0.2) is 5.11 Å². The summed E-state index contributed by atoms with van der Waals surface area (Å²) < 4.78 is 12.1. The maximum atomic E-state index is 12.5. The number of benzene rings is 1. The number of carbonyl (C=O) groups excluding carboxylic acids is 1. The largest absolute Gasteiger partial charge is 0.497 e. The highest BCUT2D eigenvalue weighted by Gasteiger charge is 2.28. The highest BCUT2D eigenvalue weighted by Crippen LogP contribution is 2.40. The van der Waals surface area contributed by atoms with Crippen molar-refractivity contribution in [1.29, 1.82) is 0 Å². The molecule has 0 bridgehead atoms. The molecular formula is C23H26N4O3S2. The van der Waals surface area contributed by atoms with Gasteiger partial charge in [0, 0.05) is 11.1 Å². The van der Waals surface area contributed by atoms with Crippen LogP contribution in [-0.2, 0) is 24.1 Å². The van der Waals surface area contributed by atoms with Crippen LogP contribution in [0.4, 0.5) is 10.7 Å². The summed E-state index contributed by atoms with van der Waals surface area (Å²) in [5.74, 6) is 1.10. The molecule has 2 N–H and O–H groups in total. The lowest BCUT2D eigenvalue weighted by Gasteiger charge is -2.18. The topological polar surface area (TPSA) is 77.4 Å². The van der Waals surface area contributed by atoms with Gasteiger partial charge in [-0.15, -0.1) is 11.3 Å². The Kier molecular flexibility index (Phi) is 6.76. The second-order valence-corrected chi connectivity index (χ2v) is 9.42. The van der Waals surface area contributed by atoms with Crippen LogP contribution in [0, 0.1) is 5.92 Å². The quantitative estimate of drug-likeness (QED) is 0.399. The van der Waals surface area contributed by atoms with E-state index in [2.05, 4.69) is 22.7 Å². The summed E-state index contributed by atoms with van der Waals surface area (Å²) in [7, 11) is 3.06. The highest BCUT2D eigenvalue weighted by atomic mass is 32.1. The van der Waals surface area contributed by atoms with E-state index in [1.54, 1.807) is 24.6 Å². The van der Waals surface area contributed by atoms with Gasteiger partial charge in [0.2, 0.25) is 0 Å². The van der Waals surface area contributed by atoms with Gasteiger partial charge in [-0.1, -0.05) is 19.1 Å². The lowest BCUT2D eigenvalue weighted by molar-refractivity contribution is 0.0601. The number of rotatable bonds is 6. The van der Waals surface area contributed by atoms with Crippen molar-refractivity contribution in [2.75, 3.05) is 24.9 Å². The Hall–Kier alpha value is -2.91. The first-order valence-corrected chi connectivity index (χ1v) is 11.7. The molecule has 32 heavy (non-hydrogen) atoms. The standard InChI is InChI=1S/C23H26N4O3S2/c1-14-7-8-18-19(9-14)32-21(20(18)22(28)30-3)26-23(31)25-16-11-24-27(13-16)12-15-5-4-6-17(10-15)29-2/h4-6,10-11,13-14H,7-9,12H2,1-3H3,(H2,25,26,31). The van der Waals surface area contributed by atoms with Gasteiger partial charge in [0.1, 0.15) is 10.8 Å². The third-order valence-corrected chi connectivity index (χ3v) is 6.87. The summed E-state index contributed by atoms with van der Waals surface area (Å²) in [4.78, 5) is 13.7. The van der Waals surface area contributed by atoms with E-state index >= 15 is 0 Å². The minimum Gasteiger partial charge on any atom is -0.497 e. The van der Waals surface area contributed by atoms with E-state index in [0.29, 0.717) is 23.1 Å². The molecule has 4 rings (SSSR count). The van der Waals surface area contributed by atoms with Gasteiger partial charge in [-0.05, 0) is 60.7 Å². The molecule has 3 aromatic rings. The van der Waals surface area contributed by atoms with Crippen LogP contribution >= 0.6 is 23.6 Å². The number of thiophene rings is 1. The van der Waals surface area contributed by atoms with Gasteiger partial charge in [-0.3, -0.25) is 4.68 Å². The first-order valence-electron chi connectivity index (χ1n) is 10.4. The molecule has 0 amide bonds. The molecule has 0 saturated carbocycles. The Morgan fingerprint density at radius 2 is 2.19 bits per heavy atom. The van der Waals surface area contributed by atoms with Gasteiger partial charge in [-0.2, -0.15) is 5.10 Å². The van der Waals surface area contributed by atoms with Crippen molar-refractivity contribution >= 4 is 45.3 Å². The second kappa shape index (κ2) is 9.70. The fraction of sp³-hybridized carbons (Fsp3) is 0.348. The number of ether oxygens (including phenoxy) is 2. The average Bonchev–Trinajstić information content (AvgIpc) is 3.36. The molecule has 1 atom stereocenters. The molecule has 2 heterocycles. The Balaban J connectivity index is 1.45. The first-order chi connectivity index (χ1) is 15.5. The van der Waals surface area contributed by atoms with Crippen molar-refractivity contribution in [1.82, 2.24) is 9.78 Å².